The largest absolute Gasteiger partial charge is 0.381 e. The van der Waals surface area contributed by atoms with Crippen molar-refractivity contribution in [1.29, 1.82) is 0 Å². The highest BCUT2D eigenvalue weighted by atomic mass is 16.5. The summed E-state index contributed by atoms with van der Waals surface area (Å²) in [7, 11) is 0. The summed E-state index contributed by atoms with van der Waals surface area (Å²) in [6.45, 7) is 2.42. The third-order valence-electron chi connectivity index (χ3n) is 4.21. The lowest BCUT2D eigenvalue weighted by molar-refractivity contribution is -0.0319. The molecule has 2 atom stereocenters. The molecule has 2 aromatic heterocycles. The van der Waals surface area contributed by atoms with Gasteiger partial charge in [-0.15, -0.1) is 0 Å². The van der Waals surface area contributed by atoms with Crippen LogP contribution in [0.1, 0.15) is 43.7 Å². The molecule has 2 aromatic rings. The molecular formula is C15H19N3O2. The van der Waals surface area contributed by atoms with Gasteiger partial charge in [-0.2, -0.15) is 0 Å². The summed E-state index contributed by atoms with van der Waals surface area (Å²) in [6, 6.07) is 3.97. The molecule has 0 aliphatic carbocycles. The van der Waals surface area contributed by atoms with Gasteiger partial charge in [0.1, 0.15) is 17.6 Å². The molecule has 5 heteroatoms. The Morgan fingerprint density at radius 1 is 1.20 bits per heavy atom. The molecule has 2 saturated heterocycles. The van der Waals surface area contributed by atoms with Gasteiger partial charge in [0.05, 0.1) is 6.61 Å². The Kier molecular flexibility index (Phi) is 3.16. The quantitative estimate of drug-likeness (QED) is 0.844. The highest BCUT2D eigenvalue weighted by molar-refractivity contribution is 5.71. The fraction of sp³-hybridized carbons (Fsp3) is 0.600. The van der Waals surface area contributed by atoms with Gasteiger partial charge in [0.25, 0.3) is 0 Å². The zero-order valence-corrected chi connectivity index (χ0v) is 11.5. The number of imidazole rings is 1. The summed E-state index contributed by atoms with van der Waals surface area (Å²) < 4.78 is 13.7. The van der Waals surface area contributed by atoms with Gasteiger partial charge in [0, 0.05) is 25.3 Å². The van der Waals surface area contributed by atoms with Gasteiger partial charge in [0.2, 0.25) is 0 Å². The van der Waals surface area contributed by atoms with E-state index in [4.69, 9.17) is 14.5 Å². The molecule has 2 unspecified atom stereocenters. The molecule has 2 aliphatic rings. The van der Waals surface area contributed by atoms with Crippen molar-refractivity contribution in [1.82, 2.24) is 14.5 Å². The van der Waals surface area contributed by atoms with Gasteiger partial charge in [-0.1, -0.05) is 0 Å². The first-order valence-electron chi connectivity index (χ1n) is 7.45. The van der Waals surface area contributed by atoms with Crippen LogP contribution in [0.5, 0.6) is 0 Å². The van der Waals surface area contributed by atoms with Gasteiger partial charge in [-0.3, -0.25) is 4.57 Å². The summed E-state index contributed by atoms with van der Waals surface area (Å²) >= 11 is 0. The van der Waals surface area contributed by atoms with E-state index in [1.165, 1.54) is 6.42 Å². The standard InChI is InChI=1S/C15H19N3O2/c1-2-8-20-13(5-1)18-14(11-6-9-19-10-11)17-12-4-3-7-16-15(12)18/h3-4,7,11,13H,1-2,5-6,8-10H2. The topological polar surface area (TPSA) is 49.2 Å². The van der Waals surface area contributed by atoms with Crippen molar-refractivity contribution in [3.05, 3.63) is 24.2 Å². The molecule has 0 spiro atoms. The molecular weight excluding hydrogens is 254 g/mol. The average molecular weight is 273 g/mol. The average Bonchev–Trinajstić information content (AvgIpc) is 3.15. The van der Waals surface area contributed by atoms with Crippen molar-refractivity contribution in [2.24, 2.45) is 0 Å². The van der Waals surface area contributed by atoms with E-state index in [9.17, 15) is 0 Å². The molecule has 106 valence electrons. The maximum Gasteiger partial charge on any atom is 0.162 e. The van der Waals surface area contributed by atoms with E-state index in [2.05, 4.69) is 9.55 Å². The zero-order valence-electron chi connectivity index (χ0n) is 11.5. The summed E-state index contributed by atoms with van der Waals surface area (Å²) in [5.74, 6) is 1.46. The highest BCUT2D eigenvalue weighted by Gasteiger charge is 2.29. The number of ether oxygens (including phenoxy) is 2. The summed E-state index contributed by atoms with van der Waals surface area (Å²) in [4.78, 5) is 9.34. The summed E-state index contributed by atoms with van der Waals surface area (Å²) in [5.41, 5.74) is 1.91. The number of hydrogen-bond acceptors (Lipinski definition) is 4. The molecule has 4 rings (SSSR count). The van der Waals surface area contributed by atoms with Crippen LogP contribution in [0.25, 0.3) is 11.2 Å². The van der Waals surface area contributed by atoms with E-state index >= 15 is 0 Å². The summed E-state index contributed by atoms with van der Waals surface area (Å²) in [5, 5.41) is 0. The first-order chi connectivity index (χ1) is 9.93. The van der Waals surface area contributed by atoms with E-state index in [0.29, 0.717) is 5.92 Å². The van der Waals surface area contributed by atoms with Crippen molar-refractivity contribution >= 4 is 11.2 Å². The van der Waals surface area contributed by atoms with E-state index in [-0.39, 0.29) is 6.23 Å². The fourth-order valence-corrected chi connectivity index (χ4v) is 3.18. The molecule has 0 saturated carbocycles. The third-order valence-corrected chi connectivity index (χ3v) is 4.21. The number of aromatic nitrogens is 3. The molecule has 0 N–H and O–H groups in total. The molecule has 2 aliphatic heterocycles. The Bertz CT molecular complexity index is 598. The molecule has 0 amide bonds. The van der Waals surface area contributed by atoms with E-state index < -0.39 is 0 Å². The molecule has 20 heavy (non-hydrogen) atoms. The molecule has 4 heterocycles. The molecule has 0 radical (unpaired) electrons. The van der Waals surface area contributed by atoms with Crippen molar-refractivity contribution in [3.8, 4) is 0 Å². The third kappa shape index (κ3) is 2.01. The van der Waals surface area contributed by atoms with Crippen LogP contribution >= 0.6 is 0 Å². The first-order valence-corrected chi connectivity index (χ1v) is 7.45. The van der Waals surface area contributed by atoms with Crippen molar-refractivity contribution in [3.63, 3.8) is 0 Å². The Morgan fingerprint density at radius 3 is 3.00 bits per heavy atom. The van der Waals surface area contributed by atoms with Crippen LogP contribution in [0.3, 0.4) is 0 Å². The second kappa shape index (κ2) is 5.14. The van der Waals surface area contributed by atoms with E-state index in [1.807, 2.05) is 18.3 Å². The van der Waals surface area contributed by atoms with Crippen LogP contribution in [-0.2, 0) is 9.47 Å². The van der Waals surface area contributed by atoms with Gasteiger partial charge in [-0.25, -0.2) is 9.97 Å². The molecule has 0 aromatic carbocycles. The number of nitrogens with zero attached hydrogens (tertiary/aromatic N) is 3. The van der Waals surface area contributed by atoms with Crippen LogP contribution in [-0.4, -0.2) is 34.4 Å². The van der Waals surface area contributed by atoms with E-state index in [1.54, 1.807) is 0 Å². The van der Waals surface area contributed by atoms with Crippen LogP contribution < -0.4 is 0 Å². The van der Waals surface area contributed by atoms with Crippen LogP contribution in [0.4, 0.5) is 0 Å². The minimum Gasteiger partial charge on any atom is -0.381 e. The predicted octanol–water partition coefficient (Wildman–Crippen LogP) is 2.63. The van der Waals surface area contributed by atoms with Gasteiger partial charge < -0.3 is 9.47 Å². The lowest BCUT2D eigenvalue weighted by atomic mass is 10.1. The predicted molar refractivity (Wildman–Crippen MR) is 74.5 cm³/mol. The number of pyridine rings is 1. The lowest BCUT2D eigenvalue weighted by Gasteiger charge is -2.26. The second-order valence-electron chi connectivity index (χ2n) is 5.57. The number of hydrogen-bond donors (Lipinski definition) is 0. The SMILES string of the molecule is c1cnc2c(c1)nc(C1CCOC1)n2C1CCCCO1. The van der Waals surface area contributed by atoms with Crippen LogP contribution in [0.2, 0.25) is 0 Å². The molecule has 5 nitrogen and oxygen atoms in total. The second-order valence-corrected chi connectivity index (χ2v) is 5.57. The molecule has 0 bridgehead atoms. The van der Waals surface area contributed by atoms with Gasteiger partial charge in [-0.05, 0) is 37.8 Å². The maximum absolute atomic E-state index is 5.97. The molecule has 2 fully saturated rings. The van der Waals surface area contributed by atoms with Crippen molar-refractivity contribution in [2.45, 2.75) is 37.8 Å². The minimum atomic E-state index is 0.0826. The maximum atomic E-state index is 5.97. The monoisotopic (exact) mass is 273 g/mol. The van der Waals surface area contributed by atoms with Crippen LogP contribution in [0.15, 0.2) is 18.3 Å². The van der Waals surface area contributed by atoms with Gasteiger partial charge in [0.15, 0.2) is 5.65 Å². The Hall–Kier alpha value is -1.46. The van der Waals surface area contributed by atoms with Crippen LogP contribution in [0, 0.1) is 0 Å². The Labute approximate surface area is 117 Å². The zero-order chi connectivity index (χ0) is 13.4. The normalized spacial score (nSPS) is 27.2. The van der Waals surface area contributed by atoms with Gasteiger partial charge >= 0.3 is 0 Å². The Morgan fingerprint density at radius 2 is 2.20 bits per heavy atom. The van der Waals surface area contributed by atoms with Crippen molar-refractivity contribution in [2.75, 3.05) is 19.8 Å². The first kappa shape index (κ1) is 12.3. The van der Waals surface area contributed by atoms with E-state index in [0.717, 1.165) is 56.1 Å². The lowest BCUT2D eigenvalue weighted by Crippen LogP contribution is -2.22. The minimum absolute atomic E-state index is 0.0826. The fourth-order valence-electron chi connectivity index (χ4n) is 3.18. The smallest absolute Gasteiger partial charge is 0.162 e. The Balaban J connectivity index is 1.83. The summed E-state index contributed by atoms with van der Waals surface area (Å²) in [6.07, 6.45) is 6.35. The number of rotatable bonds is 2. The number of fused-ring (bicyclic) bond motifs is 1. The highest BCUT2D eigenvalue weighted by Crippen LogP contribution is 2.33. The van der Waals surface area contributed by atoms with Crippen molar-refractivity contribution < 1.29 is 9.47 Å².